The number of nitrogens with zero attached hydrogens (tertiary/aromatic N) is 1. The summed E-state index contributed by atoms with van der Waals surface area (Å²) in [6.45, 7) is 3.76. The molecule has 0 fully saturated rings. The van der Waals surface area contributed by atoms with Gasteiger partial charge in [0.2, 0.25) is 10.0 Å². The van der Waals surface area contributed by atoms with Gasteiger partial charge in [-0.1, -0.05) is 26.0 Å². The maximum absolute atomic E-state index is 12.2. The first kappa shape index (κ1) is 15.5. The quantitative estimate of drug-likeness (QED) is 0.594. The van der Waals surface area contributed by atoms with E-state index in [2.05, 4.69) is 4.72 Å². The summed E-state index contributed by atoms with van der Waals surface area (Å²) in [5.41, 5.74) is 5.05. The Morgan fingerprint density at radius 3 is 2.42 bits per heavy atom. The van der Waals surface area contributed by atoms with Crippen molar-refractivity contribution in [2.75, 3.05) is 6.54 Å². The van der Waals surface area contributed by atoms with E-state index in [9.17, 15) is 18.5 Å². The molecule has 1 unspecified atom stereocenters. The molecule has 0 radical (unpaired) electrons. The molecular formula is C11H17N3O4S. The number of hydrogen-bond donors (Lipinski definition) is 2. The summed E-state index contributed by atoms with van der Waals surface area (Å²) in [5.74, 6) is -0.0115. The van der Waals surface area contributed by atoms with Crippen LogP contribution < -0.4 is 10.5 Å². The third-order valence-electron chi connectivity index (χ3n) is 2.72. The van der Waals surface area contributed by atoms with Crippen molar-refractivity contribution in [2.24, 2.45) is 11.7 Å². The third-order valence-corrected chi connectivity index (χ3v) is 4.25. The fourth-order valence-electron chi connectivity index (χ4n) is 1.55. The van der Waals surface area contributed by atoms with Crippen LogP contribution in [0.1, 0.15) is 13.8 Å². The predicted octanol–water partition coefficient (Wildman–Crippen LogP) is 0.856. The van der Waals surface area contributed by atoms with Gasteiger partial charge in [-0.05, 0) is 12.0 Å². The second-order valence-electron chi connectivity index (χ2n) is 4.43. The van der Waals surface area contributed by atoms with Gasteiger partial charge in [-0.15, -0.1) is 0 Å². The summed E-state index contributed by atoms with van der Waals surface area (Å²) in [6, 6.07) is 4.74. The molecule has 0 heterocycles. The molecule has 1 atom stereocenters. The summed E-state index contributed by atoms with van der Waals surface area (Å²) < 4.78 is 26.7. The van der Waals surface area contributed by atoms with Gasteiger partial charge in [-0.25, -0.2) is 13.1 Å². The van der Waals surface area contributed by atoms with Gasteiger partial charge in [0, 0.05) is 18.7 Å². The average Bonchev–Trinajstić information content (AvgIpc) is 2.35. The van der Waals surface area contributed by atoms with E-state index >= 15 is 0 Å². The molecular weight excluding hydrogens is 270 g/mol. The van der Waals surface area contributed by atoms with Crippen LogP contribution in [0.5, 0.6) is 0 Å². The minimum Gasteiger partial charge on any atom is -0.329 e. The van der Waals surface area contributed by atoms with Crippen LogP contribution in [0, 0.1) is 16.0 Å². The smallest absolute Gasteiger partial charge is 0.289 e. The van der Waals surface area contributed by atoms with Gasteiger partial charge in [0.15, 0.2) is 4.90 Å². The summed E-state index contributed by atoms with van der Waals surface area (Å²) in [7, 11) is -3.96. The van der Waals surface area contributed by atoms with E-state index in [0.29, 0.717) is 0 Å². The Hall–Kier alpha value is -1.51. The highest BCUT2D eigenvalue weighted by Gasteiger charge is 2.28. The van der Waals surface area contributed by atoms with Crippen molar-refractivity contribution in [3.8, 4) is 0 Å². The summed E-state index contributed by atoms with van der Waals surface area (Å²) in [5, 5.41) is 10.8. The number of nitro groups is 1. The van der Waals surface area contributed by atoms with E-state index in [1.54, 1.807) is 0 Å². The van der Waals surface area contributed by atoms with E-state index < -0.39 is 26.7 Å². The van der Waals surface area contributed by atoms with Crippen LogP contribution in [-0.2, 0) is 10.0 Å². The zero-order chi connectivity index (χ0) is 14.6. The molecule has 0 saturated carbocycles. The molecule has 0 saturated heterocycles. The fraction of sp³-hybridized carbons (Fsp3) is 0.455. The monoisotopic (exact) mass is 287 g/mol. The zero-order valence-corrected chi connectivity index (χ0v) is 11.6. The maximum atomic E-state index is 12.2. The van der Waals surface area contributed by atoms with Crippen molar-refractivity contribution in [2.45, 2.75) is 24.8 Å². The fourth-order valence-corrected chi connectivity index (χ4v) is 3.12. The van der Waals surface area contributed by atoms with Gasteiger partial charge in [-0.2, -0.15) is 0 Å². The number of nitrogens with one attached hydrogen (secondary N) is 1. The van der Waals surface area contributed by atoms with Gasteiger partial charge in [0.25, 0.3) is 5.69 Å². The molecule has 19 heavy (non-hydrogen) atoms. The SMILES string of the molecule is CC(C)C(CN)NS(=O)(=O)c1ccccc1[N+](=O)[O-]. The van der Waals surface area contributed by atoms with Crippen LogP contribution in [0.25, 0.3) is 0 Å². The first-order valence-electron chi connectivity index (χ1n) is 5.75. The van der Waals surface area contributed by atoms with Crippen molar-refractivity contribution in [3.05, 3.63) is 34.4 Å². The van der Waals surface area contributed by atoms with Gasteiger partial charge >= 0.3 is 0 Å². The van der Waals surface area contributed by atoms with Crippen LogP contribution in [-0.4, -0.2) is 25.9 Å². The largest absolute Gasteiger partial charge is 0.329 e. The molecule has 7 nitrogen and oxygen atoms in total. The van der Waals surface area contributed by atoms with E-state index in [4.69, 9.17) is 5.73 Å². The lowest BCUT2D eigenvalue weighted by molar-refractivity contribution is -0.387. The molecule has 1 aromatic rings. The standard InChI is InChI=1S/C11H17N3O4S/c1-8(2)9(7-12)13-19(17,18)11-6-4-3-5-10(11)14(15)16/h3-6,8-9,13H,7,12H2,1-2H3. The summed E-state index contributed by atoms with van der Waals surface area (Å²) in [6.07, 6.45) is 0. The minimum atomic E-state index is -3.96. The van der Waals surface area contributed by atoms with Crippen molar-refractivity contribution in [1.82, 2.24) is 4.72 Å². The van der Waals surface area contributed by atoms with Gasteiger partial charge in [-0.3, -0.25) is 10.1 Å². The lowest BCUT2D eigenvalue weighted by Gasteiger charge is -2.20. The number of benzene rings is 1. The Morgan fingerprint density at radius 2 is 1.95 bits per heavy atom. The number of nitro benzene ring substituents is 1. The second-order valence-corrected chi connectivity index (χ2v) is 6.11. The predicted molar refractivity (Wildman–Crippen MR) is 71.1 cm³/mol. The van der Waals surface area contributed by atoms with Crippen LogP contribution in [0.15, 0.2) is 29.2 Å². The average molecular weight is 287 g/mol. The molecule has 0 aliphatic heterocycles. The zero-order valence-electron chi connectivity index (χ0n) is 10.7. The van der Waals surface area contributed by atoms with E-state index in [-0.39, 0.29) is 17.4 Å². The van der Waals surface area contributed by atoms with Crippen LogP contribution in [0.3, 0.4) is 0 Å². The molecule has 0 spiro atoms. The summed E-state index contributed by atoms with van der Waals surface area (Å²) >= 11 is 0. The van der Waals surface area contributed by atoms with Crippen LogP contribution in [0.4, 0.5) is 5.69 Å². The molecule has 8 heteroatoms. The van der Waals surface area contributed by atoms with Crippen molar-refractivity contribution >= 4 is 15.7 Å². The molecule has 106 valence electrons. The molecule has 1 aromatic carbocycles. The maximum Gasteiger partial charge on any atom is 0.289 e. The van der Waals surface area contributed by atoms with Crippen molar-refractivity contribution in [3.63, 3.8) is 0 Å². The number of nitrogens with two attached hydrogens (primary N) is 1. The first-order chi connectivity index (χ1) is 8.79. The molecule has 0 aromatic heterocycles. The van der Waals surface area contributed by atoms with Gasteiger partial charge in [0.1, 0.15) is 0 Å². The highest BCUT2D eigenvalue weighted by Crippen LogP contribution is 2.23. The molecule has 0 amide bonds. The molecule has 0 bridgehead atoms. The molecule has 0 aliphatic rings. The number of rotatable bonds is 6. The molecule has 3 N–H and O–H groups in total. The number of para-hydroxylation sites is 1. The molecule has 0 aliphatic carbocycles. The second kappa shape index (κ2) is 6.09. The van der Waals surface area contributed by atoms with E-state index in [1.807, 2.05) is 13.8 Å². The lowest BCUT2D eigenvalue weighted by Crippen LogP contribution is -2.43. The Labute approximate surface area is 112 Å². The Bertz CT molecular complexity index is 557. The Morgan fingerprint density at radius 1 is 1.37 bits per heavy atom. The third kappa shape index (κ3) is 3.72. The summed E-state index contributed by atoms with van der Waals surface area (Å²) in [4.78, 5) is 9.78. The lowest BCUT2D eigenvalue weighted by atomic mass is 10.1. The van der Waals surface area contributed by atoms with E-state index in [1.165, 1.54) is 18.2 Å². The van der Waals surface area contributed by atoms with Crippen molar-refractivity contribution < 1.29 is 13.3 Å². The number of hydrogen-bond acceptors (Lipinski definition) is 5. The topological polar surface area (TPSA) is 115 Å². The highest BCUT2D eigenvalue weighted by atomic mass is 32.2. The van der Waals surface area contributed by atoms with Gasteiger partial charge < -0.3 is 5.73 Å². The normalized spacial score (nSPS) is 13.5. The van der Waals surface area contributed by atoms with Crippen LogP contribution >= 0.6 is 0 Å². The van der Waals surface area contributed by atoms with Crippen molar-refractivity contribution in [1.29, 1.82) is 0 Å². The number of sulfonamides is 1. The first-order valence-corrected chi connectivity index (χ1v) is 7.23. The molecule has 1 rings (SSSR count). The Balaban J connectivity index is 3.17. The Kier molecular flexibility index (Phi) is 4.98. The minimum absolute atomic E-state index is 0.0115. The van der Waals surface area contributed by atoms with Crippen LogP contribution in [0.2, 0.25) is 0 Å². The van der Waals surface area contributed by atoms with Gasteiger partial charge in [0.05, 0.1) is 4.92 Å². The van der Waals surface area contributed by atoms with E-state index in [0.717, 1.165) is 6.07 Å². The highest BCUT2D eigenvalue weighted by molar-refractivity contribution is 7.89.